The molecule has 2 aromatic carbocycles. The molecule has 0 bridgehead atoms. The molecule has 2 unspecified atom stereocenters. The average Bonchev–Trinajstić information content (AvgIpc) is 3.52. The molecule has 0 heterocycles. The Morgan fingerprint density at radius 1 is 1.04 bits per heavy atom. The summed E-state index contributed by atoms with van der Waals surface area (Å²) in [7, 11) is 0. The number of halogens is 1. The predicted molar refractivity (Wildman–Crippen MR) is 108 cm³/mol. The lowest BCUT2D eigenvalue weighted by atomic mass is 10.0. The summed E-state index contributed by atoms with van der Waals surface area (Å²) >= 11 is 0. The zero-order valence-electron chi connectivity index (χ0n) is 16.5. The number of hydrogen-bond donors (Lipinski definition) is 0. The maximum absolute atomic E-state index is 13.7. The van der Waals surface area contributed by atoms with E-state index in [1.165, 1.54) is 25.3 Å². The minimum Gasteiger partial charge on any atom is -0.483 e. The van der Waals surface area contributed by atoms with Crippen LogP contribution in [-0.2, 0) is 4.74 Å². The molecule has 0 spiro atoms. The van der Waals surface area contributed by atoms with Gasteiger partial charge >= 0.3 is 0 Å². The standard InChI is InChI=1S/C24H31FO2/c1-3-4-5-9-16-26-18(2)24(20-10-7-6-8-11-20)27-23-15-14-21(25)17-22(23)19-12-13-19/h6-8,10-11,14-15,17-19,24H,3-5,9,12-13,16H2,1-2H3. The van der Waals surface area contributed by atoms with Crippen molar-refractivity contribution in [3.8, 4) is 5.75 Å². The van der Waals surface area contributed by atoms with Crippen LogP contribution in [0.4, 0.5) is 4.39 Å². The third-order valence-corrected chi connectivity index (χ3v) is 5.18. The van der Waals surface area contributed by atoms with E-state index in [9.17, 15) is 4.39 Å². The molecular weight excluding hydrogens is 339 g/mol. The molecule has 1 saturated carbocycles. The van der Waals surface area contributed by atoms with Gasteiger partial charge in [0.15, 0.2) is 0 Å². The van der Waals surface area contributed by atoms with E-state index < -0.39 is 0 Å². The fourth-order valence-corrected chi connectivity index (χ4v) is 3.44. The van der Waals surface area contributed by atoms with Gasteiger partial charge in [-0.05, 0) is 55.9 Å². The van der Waals surface area contributed by atoms with E-state index >= 15 is 0 Å². The van der Waals surface area contributed by atoms with Gasteiger partial charge in [-0.25, -0.2) is 4.39 Å². The zero-order valence-corrected chi connectivity index (χ0v) is 16.5. The molecule has 0 aromatic heterocycles. The smallest absolute Gasteiger partial charge is 0.149 e. The van der Waals surface area contributed by atoms with Crippen molar-refractivity contribution in [3.05, 3.63) is 65.5 Å². The van der Waals surface area contributed by atoms with Crippen LogP contribution in [0.5, 0.6) is 5.75 Å². The van der Waals surface area contributed by atoms with Gasteiger partial charge in [0.1, 0.15) is 17.7 Å². The number of hydrogen-bond acceptors (Lipinski definition) is 2. The maximum atomic E-state index is 13.7. The highest BCUT2D eigenvalue weighted by atomic mass is 19.1. The first-order valence-corrected chi connectivity index (χ1v) is 10.3. The quantitative estimate of drug-likeness (QED) is 0.405. The van der Waals surface area contributed by atoms with Crippen LogP contribution in [0.15, 0.2) is 48.5 Å². The highest BCUT2D eigenvalue weighted by Crippen LogP contribution is 2.45. The number of unbranched alkanes of at least 4 members (excludes halogenated alkanes) is 3. The summed E-state index contributed by atoms with van der Waals surface area (Å²) in [6, 6.07) is 15.1. The van der Waals surface area contributed by atoms with Gasteiger partial charge in [0.25, 0.3) is 0 Å². The Labute approximate surface area is 162 Å². The van der Waals surface area contributed by atoms with Gasteiger partial charge in [-0.2, -0.15) is 0 Å². The molecule has 27 heavy (non-hydrogen) atoms. The summed E-state index contributed by atoms with van der Waals surface area (Å²) in [6.45, 7) is 5.02. The van der Waals surface area contributed by atoms with Gasteiger partial charge in [-0.15, -0.1) is 0 Å². The Kier molecular flexibility index (Phi) is 7.28. The number of benzene rings is 2. The van der Waals surface area contributed by atoms with Crippen LogP contribution in [-0.4, -0.2) is 12.7 Å². The van der Waals surface area contributed by atoms with Crippen LogP contribution in [0.3, 0.4) is 0 Å². The fourth-order valence-electron chi connectivity index (χ4n) is 3.44. The molecular formula is C24H31FO2. The normalized spacial score (nSPS) is 16.1. The minimum atomic E-state index is -0.208. The third-order valence-electron chi connectivity index (χ3n) is 5.18. The monoisotopic (exact) mass is 370 g/mol. The molecule has 0 N–H and O–H groups in total. The van der Waals surface area contributed by atoms with Crippen molar-refractivity contribution in [2.24, 2.45) is 0 Å². The van der Waals surface area contributed by atoms with Crippen molar-refractivity contribution >= 4 is 0 Å². The van der Waals surface area contributed by atoms with Gasteiger partial charge in [0.2, 0.25) is 0 Å². The first kappa shape index (κ1) is 19.9. The van der Waals surface area contributed by atoms with Gasteiger partial charge in [-0.3, -0.25) is 0 Å². The van der Waals surface area contributed by atoms with Crippen molar-refractivity contribution < 1.29 is 13.9 Å². The molecule has 1 aliphatic carbocycles. The topological polar surface area (TPSA) is 18.5 Å². The van der Waals surface area contributed by atoms with E-state index in [1.807, 2.05) is 18.2 Å². The lowest BCUT2D eigenvalue weighted by Gasteiger charge is -2.27. The largest absolute Gasteiger partial charge is 0.483 e. The van der Waals surface area contributed by atoms with Crippen molar-refractivity contribution in [3.63, 3.8) is 0 Å². The summed E-state index contributed by atoms with van der Waals surface area (Å²) in [5, 5.41) is 0. The van der Waals surface area contributed by atoms with E-state index in [0.717, 1.165) is 42.7 Å². The molecule has 2 atom stereocenters. The second kappa shape index (κ2) is 9.89. The maximum Gasteiger partial charge on any atom is 0.149 e. The summed E-state index contributed by atoms with van der Waals surface area (Å²) in [5.41, 5.74) is 2.08. The molecule has 2 aromatic rings. The van der Waals surface area contributed by atoms with Crippen LogP contribution in [0, 0.1) is 5.82 Å². The molecule has 0 radical (unpaired) electrons. The second-order valence-corrected chi connectivity index (χ2v) is 7.54. The van der Waals surface area contributed by atoms with Crippen LogP contribution in [0.2, 0.25) is 0 Å². The molecule has 2 nitrogen and oxygen atoms in total. The first-order valence-electron chi connectivity index (χ1n) is 10.3. The summed E-state index contributed by atoms with van der Waals surface area (Å²) in [5.74, 6) is 1.02. The molecule has 0 aliphatic heterocycles. The van der Waals surface area contributed by atoms with Gasteiger partial charge in [0.05, 0.1) is 6.10 Å². The highest BCUT2D eigenvalue weighted by Gasteiger charge is 2.30. The molecule has 1 fully saturated rings. The summed E-state index contributed by atoms with van der Waals surface area (Å²) in [6.07, 6.45) is 6.68. The Morgan fingerprint density at radius 2 is 1.81 bits per heavy atom. The van der Waals surface area contributed by atoms with Gasteiger partial charge < -0.3 is 9.47 Å². The Morgan fingerprint density at radius 3 is 2.52 bits per heavy atom. The molecule has 3 rings (SSSR count). The van der Waals surface area contributed by atoms with E-state index in [0.29, 0.717) is 5.92 Å². The lowest BCUT2D eigenvalue weighted by Crippen LogP contribution is -2.25. The van der Waals surface area contributed by atoms with Crippen molar-refractivity contribution in [2.45, 2.75) is 70.5 Å². The fraction of sp³-hybridized carbons (Fsp3) is 0.500. The van der Waals surface area contributed by atoms with Crippen molar-refractivity contribution in [2.75, 3.05) is 6.61 Å². The number of ether oxygens (including phenoxy) is 2. The predicted octanol–water partition coefficient (Wildman–Crippen LogP) is 6.81. The highest BCUT2D eigenvalue weighted by molar-refractivity contribution is 5.40. The zero-order chi connectivity index (χ0) is 19.1. The van der Waals surface area contributed by atoms with Crippen LogP contribution < -0.4 is 4.74 Å². The summed E-state index contributed by atoms with van der Waals surface area (Å²) in [4.78, 5) is 0. The number of rotatable bonds is 11. The molecule has 1 aliphatic rings. The third kappa shape index (κ3) is 5.80. The van der Waals surface area contributed by atoms with Crippen molar-refractivity contribution in [1.82, 2.24) is 0 Å². The van der Waals surface area contributed by atoms with Gasteiger partial charge in [0, 0.05) is 12.2 Å². The summed E-state index contributed by atoms with van der Waals surface area (Å²) < 4.78 is 26.3. The van der Waals surface area contributed by atoms with Crippen LogP contribution >= 0.6 is 0 Å². The molecule has 146 valence electrons. The Bertz CT molecular complexity index is 697. The van der Waals surface area contributed by atoms with E-state index in [1.54, 1.807) is 12.1 Å². The minimum absolute atomic E-state index is 0.0777. The van der Waals surface area contributed by atoms with E-state index in [2.05, 4.69) is 26.0 Å². The van der Waals surface area contributed by atoms with Crippen LogP contribution in [0.25, 0.3) is 0 Å². The average molecular weight is 371 g/mol. The van der Waals surface area contributed by atoms with Crippen LogP contribution in [0.1, 0.15) is 75.5 Å². The van der Waals surface area contributed by atoms with Gasteiger partial charge in [-0.1, -0.05) is 56.5 Å². The van der Waals surface area contributed by atoms with E-state index in [4.69, 9.17) is 9.47 Å². The Hall–Kier alpha value is -1.87. The SMILES string of the molecule is CCCCCCOC(C)C(Oc1ccc(F)cc1C1CC1)c1ccccc1. The lowest BCUT2D eigenvalue weighted by molar-refractivity contribution is -0.0178. The molecule has 0 amide bonds. The second-order valence-electron chi connectivity index (χ2n) is 7.54. The van der Waals surface area contributed by atoms with E-state index in [-0.39, 0.29) is 18.0 Å². The van der Waals surface area contributed by atoms with Crippen molar-refractivity contribution in [1.29, 1.82) is 0 Å². The first-order chi connectivity index (χ1) is 13.2. The molecule has 3 heteroatoms. The Balaban J connectivity index is 1.73. The molecule has 0 saturated heterocycles.